The van der Waals surface area contributed by atoms with Crippen LogP contribution in [0, 0.1) is 6.92 Å². The van der Waals surface area contributed by atoms with Gasteiger partial charge in [0.05, 0.1) is 14.2 Å². The van der Waals surface area contributed by atoms with Gasteiger partial charge in [-0.15, -0.1) is 0 Å². The van der Waals surface area contributed by atoms with Gasteiger partial charge in [-0.2, -0.15) is 0 Å². The summed E-state index contributed by atoms with van der Waals surface area (Å²) in [7, 11) is 3.28. The quantitative estimate of drug-likeness (QED) is 0.520. The highest BCUT2D eigenvalue weighted by atomic mass is 16.5. The van der Waals surface area contributed by atoms with E-state index in [-0.39, 0.29) is 0 Å². The monoisotopic (exact) mass is 373 g/mol. The van der Waals surface area contributed by atoms with Crippen molar-refractivity contribution in [1.29, 1.82) is 0 Å². The largest absolute Gasteiger partial charge is 0.493 e. The Morgan fingerprint density at radius 3 is 2.43 bits per heavy atom. The molecule has 0 saturated heterocycles. The van der Waals surface area contributed by atoms with E-state index in [2.05, 4.69) is 34.8 Å². The first kappa shape index (κ1) is 17.9. The predicted molar refractivity (Wildman–Crippen MR) is 112 cm³/mol. The van der Waals surface area contributed by atoms with Crippen LogP contribution < -0.4 is 14.8 Å². The lowest BCUT2D eigenvalue weighted by atomic mass is 10.1. The van der Waals surface area contributed by atoms with Crippen molar-refractivity contribution in [2.24, 2.45) is 0 Å². The van der Waals surface area contributed by atoms with Crippen LogP contribution in [0.5, 0.6) is 11.5 Å². The van der Waals surface area contributed by atoms with Crippen LogP contribution in [-0.2, 0) is 6.54 Å². The Morgan fingerprint density at radius 1 is 0.893 bits per heavy atom. The summed E-state index contributed by atoms with van der Waals surface area (Å²) in [6.45, 7) is 2.80. The number of methoxy groups -OCH3 is 2. The fraction of sp³-hybridized carbons (Fsp3) is 0.174. The van der Waals surface area contributed by atoms with E-state index < -0.39 is 0 Å². The number of pyridine rings is 1. The maximum absolute atomic E-state index is 5.49. The molecule has 0 radical (unpaired) electrons. The predicted octanol–water partition coefficient (Wildman–Crippen LogP) is 4.94. The van der Waals surface area contributed by atoms with Gasteiger partial charge < -0.3 is 14.8 Å². The number of nitrogens with zero attached hydrogens (tertiary/aromatic N) is 2. The lowest BCUT2D eigenvalue weighted by Gasteiger charge is -2.12. The van der Waals surface area contributed by atoms with E-state index in [0.717, 1.165) is 28.4 Å². The third kappa shape index (κ3) is 3.27. The minimum atomic E-state index is 0.683. The lowest BCUT2D eigenvalue weighted by molar-refractivity contribution is 0.355. The molecule has 142 valence electrons. The SMILES string of the molecule is COc1ccc(-c2nc3cccc(C)n3c2NCc2ccccc2)cc1OC. The van der Waals surface area contributed by atoms with Gasteiger partial charge in [-0.3, -0.25) is 4.40 Å². The number of hydrogen-bond donors (Lipinski definition) is 1. The van der Waals surface area contributed by atoms with Crippen molar-refractivity contribution < 1.29 is 9.47 Å². The Balaban J connectivity index is 1.82. The van der Waals surface area contributed by atoms with Gasteiger partial charge in [0, 0.05) is 17.8 Å². The maximum atomic E-state index is 5.49. The van der Waals surface area contributed by atoms with Crippen LogP contribution in [-0.4, -0.2) is 23.6 Å². The first-order valence-corrected chi connectivity index (χ1v) is 9.19. The fourth-order valence-corrected chi connectivity index (χ4v) is 3.38. The van der Waals surface area contributed by atoms with Crippen molar-refractivity contribution in [2.75, 3.05) is 19.5 Å². The lowest BCUT2D eigenvalue weighted by Crippen LogP contribution is -2.04. The van der Waals surface area contributed by atoms with Gasteiger partial charge in [-0.25, -0.2) is 4.98 Å². The normalized spacial score (nSPS) is 10.8. The molecule has 0 aliphatic heterocycles. The summed E-state index contributed by atoms with van der Waals surface area (Å²) in [6.07, 6.45) is 0. The number of aromatic nitrogens is 2. The van der Waals surface area contributed by atoms with E-state index in [1.54, 1.807) is 14.2 Å². The molecule has 0 amide bonds. The highest BCUT2D eigenvalue weighted by Gasteiger charge is 2.17. The molecule has 2 heterocycles. The average Bonchev–Trinajstić information content (AvgIpc) is 3.12. The Labute approximate surface area is 164 Å². The van der Waals surface area contributed by atoms with E-state index in [1.165, 1.54) is 5.56 Å². The molecule has 5 nitrogen and oxygen atoms in total. The van der Waals surface area contributed by atoms with Crippen molar-refractivity contribution in [1.82, 2.24) is 9.38 Å². The molecule has 4 aromatic rings. The molecule has 0 spiro atoms. The fourth-order valence-electron chi connectivity index (χ4n) is 3.38. The zero-order valence-electron chi connectivity index (χ0n) is 16.3. The number of anilines is 1. The van der Waals surface area contributed by atoms with Crippen molar-refractivity contribution in [3.8, 4) is 22.8 Å². The third-order valence-electron chi connectivity index (χ3n) is 4.80. The Hall–Kier alpha value is -3.47. The summed E-state index contributed by atoms with van der Waals surface area (Å²) in [5, 5.41) is 3.59. The number of fused-ring (bicyclic) bond motifs is 1. The molecule has 0 aliphatic rings. The zero-order valence-corrected chi connectivity index (χ0v) is 16.3. The molecule has 5 heteroatoms. The molecule has 0 bridgehead atoms. The van der Waals surface area contributed by atoms with Crippen LogP contribution in [0.4, 0.5) is 5.82 Å². The van der Waals surface area contributed by atoms with Gasteiger partial charge in [0.25, 0.3) is 0 Å². The van der Waals surface area contributed by atoms with Gasteiger partial charge in [-0.1, -0.05) is 36.4 Å². The van der Waals surface area contributed by atoms with Crippen LogP contribution in [0.25, 0.3) is 16.9 Å². The Morgan fingerprint density at radius 2 is 1.68 bits per heavy atom. The minimum absolute atomic E-state index is 0.683. The number of ether oxygens (including phenoxy) is 2. The molecule has 2 aromatic carbocycles. The summed E-state index contributed by atoms with van der Waals surface area (Å²) >= 11 is 0. The number of imidazole rings is 1. The number of hydrogen-bond acceptors (Lipinski definition) is 4. The first-order valence-electron chi connectivity index (χ1n) is 9.19. The topological polar surface area (TPSA) is 47.8 Å². The number of rotatable bonds is 6. The van der Waals surface area contributed by atoms with Gasteiger partial charge in [0.15, 0.2) is 11.5 Å². The van der Waals surface area contributed by atoms with Crippen LogP contribution in [0.3, 0.4) is 0 Å². The molecule has 0 atom stereocenters. The Bertz CT molecular complexity index is 1100. The van der Waals surface area contributed by atoms with Crippen LogP contribution in [0.1, 0.15) is 11.3 Å². The molecule has 1 N–H and O–H groups in total. The van der Waals surface area contributed by atoms with E-state index >= 15 is 0 Å². The van der Waals surface area contributed by atoms with Gasteiger partial charge in [0.1, 0.15) is 17.2 Å². The molecular formula is C23H23N3O2. The van der Waals surface area contributed by atoms with Crippen molar-refractivity contribution in [2.45, 2.75) is 13.5 Å². The second-order valence-corrected chi connectivity index (χ2v) is 6.58. The summed E-state index contributed by atoms with van der Waals surface area (Å²) in [5.41, 5.74) is 5.08. The summed E-state index contributed by atoms with van der Waals surface area (Å²) < 4.78 is 13.0. The van der Waals surface area contributed by atoms with Crippen molar-refractivity contribution in [3.63, 3.8) is 0 Å². The second kappa shape index (κ2) is 7.64. The maximum Gasteiger partial charge on any atom is 0.161 e. The number of nitrogens with one attached hydrogen (secondary N) is 1. The Kier molecular flexibility index (Phi) is 4.89. The van der Waals surface area contributed by atoms with Crippen LogP contribution in [0.15, 0.2) is 66.7 Å². The molecule has 0 unspecified atom stereocenters. The van der Waals surface area contributed by atoms with Crippen LogP contribution >= 0.6 is 0 Å². The number of benzene rings is 2. The standard InChI is InChI=1S/C23H23N3O2/c1-16-8-7-11-21-25-22(18-12-13-19(27-2)20(14-18)28-3)23(26(16)21)24-15-17-9-5-4-6-10-17/h4-14,24H,15H2,1-3H3. The summed E-state index contributed by atoms with van der Waals surface area (Å²) in [4.78, 5) is 4.89. The first-order chi connectivity index (χ1) is 13.7. The van der Waals surface area contributed by atoms with Crippen LogP contribution in [0.2, 0.25) is 0 Å². The molecule has 0 fully saturated rings. The molecule has 28 heavy (non-hydrogen) atoms. The van der Waals surface area contributed by atoms with E-state index in [4.69, 9.17) is 14.5 Å². The van der Waals surface area contributed by atoms with Gasteiger partial charge in [0.2, 0.25) is 0 Å². The minimum Gasteiger partial charge on any atom is -0.493 e. The highest BCUT2D eigenvalue weighted by molar-refractivity contribution is 5.78. The second-order valence-electron chi connectivity index (χ2n) is 6.58. The summed E-state index contributed by atoms with van der Waals surface area (Å²) in [6, 6.07) is 22.3. The van der Waals surface area contributed by atoms with Gasteiger partial charge >= 0.3 is 0 Å². The smallest absolute Gasteiger partial charge is 0.161 e. The zero-order chi connectivity index (χ0) is 19.5. The van der Waals surface area contributed by atoms with Crippen molar-refractivity contribution >= 4 is 11.5 Å². The highest BCUT2D eigenvalue weighted by Crippen LogP contribution is 2.36. The molecule has 2 aromatic heterocycles. The van der Waals surface area contributed by atoms with Crippen molar-refractivity contribution in [3.05, 3.63) is 78.0 Å². The average molecular weight is 373 g/mol. The van der Waals surface area contributed by atoms with E-state index in [9.17, 15) is 0 Å². The number of aryl methyl sites for hydroxylation is 1. The molecule has 0 saturated carbocycles. The molecular weight excluding hydrogens is 350 g/mol. The van der Waals surface area contributed by atoms with Gasteiger partial charge in [-0.05, 0) is 42.8 Å². The van der Waals surface area contributed by atoms with E-state index in [1.807, 2.05) is 48.5 Å². The third-order valence-corrected chi connectivity index (χ3v) is 4.80. The van der Waals surface area contributed by atoms with E-state index in [0.29, 0.717) is 18.0 Å². The molecule has 0 aliphatic carbocycles. The molecule has 4 rings (SSSR count). The summed E-state index contributed by atoms with van der Waals surface area (Å²) in [5.74, 6) is 2.34.